The minimum absolute atomic E-state index is 0.511. The molecule has 1 aromatic heterocycles. The molecule has 0 spiro atoms. The second-order valence-electron chi connectivity index (χ2n) is 4.60. The molecule has 106 valence electrons. The number of hydrogen-bond donors (Lipinski definition) is 2. The number of rotatable bonds is 3. The Labute approximate surface area is 136 Å². The molecule has 3 nitrogen and oxygen atoms in total. The summed E-state index contributed by atoms with van der Waals surface area (Å²) in [5.74, 6) is 0.511. The molecule has 5 heteroatoms. The van der Waals surface area contributed by atoms with Crippen LogP contribution in [0.2, 0.25) is 0 Å². The lowest BCUT2D eigenvalue weighted by molar-refractivity contribution is 1.10. The monoisotopic (exact) mass is 359 g/mol. The Hall–Kier alpha value is -1.72. The largest absolute Gasteiger partial charge is 0.382 e. The zero-order valence-electron chi connectivity index (χ0n) is 11.4. The van der Waals surface area contributed by atoms with Crippen molar-refractivity contribution in [3.63, 3.8) is 0 Å². The second kappa shape index (κ2) is 5.95. The number of H-pyrrole nitrogens is 1. The molecule has 0 unspecified atom stereocenters. The molecule has 0 aliphatic heterocycles. The van der Waals surface area contributed by atoms with E-state index < -0.39 is 0 Å². The maximum absolute atomic E-state index is 6.06. The van der Waals surface area contributed by atoms with Crippen molar-refractivity contribution in [2.45, 2.75) is 4.90 Å². The third-order valence-corrected chi connectivity index (χ3v) is 4.52. The number of aromatic nitrogens is 2. The van der Waals surface area contributed by atoms with E-state index in [1.807, 2.05) is 24.3 Å². The molecule has 21 heavy (non-hydrogen) atoms. The normalized spacial score (nSPS) is 10.8. The highest BCUT2D eigenvalue weighted by Gasteiger charge is 2.14. The van der Waals surface area contributed by atoms with Crippen LogP contribution in [0.4, 0.5) is 5.82 Å². The number of thioether (sulfide) groups is 1. The van der Waals surface area contributed by atoms with Crippen LogP contribution < -0.4 is 5.73 Å². The van der Waals surface area contributed by atoms with Crippen LogP contribution in [0, 0.1) is 0 Å². The molecule has 0 aliphatic rings. The van der Waals surface area contributed by atoms with Crippen molar-refractivity contribution >= 4 is 33.5 Å². The van der Waals surface area contributed by atoms with Crippen LogP contribution in [0.25, 0.3) is 22.4 Å². The molecule has 1 heterocycles. The zero-order chi connectivity index (χ0) is 14.8. The Kier molecular flexibility index (Phi) is 4.03. The van der Waals surface area contributed by atoms with Gasteiger partial charge in [0.2, 0.25) is 0 Å². The number of anilines is 1. The molecular formula is C16H14BrN3S. The van der Waals surface area contributed by atoms with E-state index in [1.54, 1.807) is 11.8 Å². The highest BCUT2D eigenvalue weighted by Crippen LogP contribution is 2.36. The van der Waals surface area contributed by atoms with Gasteiger partial charge in [0.25, 0.3) is 0 Å². The van der Waals surface area contributed by atoms with Gasteiger partial charge in [0, 0.05) is 14.9 Å². The summed E-state index contributed by atoms with van der Waals surface area (Å²) in [6.07, 6.45) is 2.07. The fourth-order valence-corrected chi connectivity index (χ4v) is 3.07. The molecule has 3 aromatic rings. The van der Waals surface area contributed by atoms with Gasteiger partial charge in [0.05, 0.1) is 11.3 Å². The maximum atomic E-state index is 6.06. The molecule has 0 radical (unpaired) electrons. The summed E-state index contributed by atoms with van der Waals surface area (Å²) in [7, 11) is 0. The Balaban J connectivity index is 2.12. The van der Waals surface area contributed by atoms with Crippen molar-refractivity contribution in [2.24, 2.45) is 0 Å². The minimum Gasteiger partial charge on any atom is -0.382 e. The smallest absolute Gasteiger partial charge is 0.153 e. The van der Waals surface area contributed by atoms with E-state index in [0.717, 1.165) is 26.9 Å². The standard InChI is InChI=1S/C16H14BrN3S/c1-21-13-7-5-10(6-8-13)15-14(16(18)20-19-15)11-3-2-4-12(17)9-11/h2-9H,1H3,(H3,18,19,20). The second-order valence-corrected chi connectivity index (χ2v) is 6.39. The van der Waals surface area contributed by atoms with Gasteiger partial charge in [-0.05, 0) is 36.1 Å². The van der Waals surface area contributed by atoms with Crippen LogP contribution in [-0.2, 0) is 0 Å². The van der Waals surface area contributed by atoms with E-state index >= 15 is 0 Å². The summed E-state index contributed by atoms with van der Waals surface area (Å²) in [5.41, 5.74) is 10.1. The Morgan fingerprint density at radius 3 is 2.52 bits per heavy atom. The minimum atomic E-state index is 0.511. The lowest BCUT2D eigenvalue weighted by atomic mass is 10.0. The molecule has 0 aliphatic carbocycles. The fourth-order valence-electron chi connectivity index (χ4n) is 2.26. The lowest BCUT2D eigenvalue weighted by Crippen LogP contribution is -1.89. The van der Waals surface area contributed by atoms with Gasteiger partial charge in [-0.25, -0.2) is 0 Å². The number of hydrogen-bond acceptors (Lipinski definition) is 3. The van der Waals surface area contributed by atoms with E-state index in [2.05, 4.69) is 56.6 Å². The predicted octanol–water partition coefficient (Wildman–Crippen LogP) is 4.81. The van der Waals surface area contributed by atoms with Crippen LogP contribution in [-0.4, -0.2) is 16.5 Å². The first-order valence-corrected chi connectivity index (χ1v) is 8.45. The Bertz CT molecular complexity index is 765. The molecule has 2 aromatic carbocycles. The number of nitrogen functional groups attached to an aromatic ring is 1. The number of nitrogens with one attached hydrogen (secondary N) is 1. The van der Waals surface area contributed by atoms with E-state index in [1.165, 1.54) is 4.90 Å². The summed E-state index contributed by atoms with van der Waals surface area (Å²) < 4.78 is 1.02. The fraction of sp³-hybridized carbons (Fsp3) is 0.0625. The van der Waals surface area contributed by atoms with Crippen LogP contribution in [0.3, 0.4) is 0 Å². The van der Waals surface area contributed by atoms with E-state index in [0.29, 0.717) is 5.82 Å². The molecule has 3 N–H and O–H groups in total. The summed E-state index contributed by atoms with van der Waals surface area (Å²) in [5, 5.41) is 7.22. The van der Waals surface area contributed by atoms with Crippen molar-refractivity contribution < 1.29 is 0 Å². The molecule has 3 rings (SSSR count). The predicted molar refractivity (Wildman–Crippen MR) is 93.4 cm³/mol. The summed E-state index contributed by atoms with van der Waals surface area (Å²) in [6, 6.07) is 16.4. The molecule has 0 amide bonds. The van der Waals surface area contributed by atoms with Crippen molar-refractivity contribution in [3.05, 3.63) is 53.0 Å². The first-order chi connectivity index (χ1) is 10.2. The molecule has 0 atom stereocenters. The topological polar surface area (TPSA) is 54.7 Å². The van der Waals surface area contributed by atoms with Gasteiger partial charge >= 0.3 is 0 Å². The number of halogens is 1. The first-order valence-electron chi connectivity index (χ1n) is 6.43. The summed E-state index contributed by atoms with van der Waals surface area (Å²) >= 11 is 5.22. The van der Waals surface area contributed by atoms with Crippen LogP contribution in [0.1, 0.15) is 0 Å². The number of nitrogens with two attached hydrogens (primary N) is 1. The van der Waals surface area contributed by atoms with E-state index in [9.17, 15) is 0 Å². The molecule has 0 bridgehead atoms. The van der Waals surface area contributed by atoms with Gasteiger partial charge in [-0.2, -0.15) is 5.10 Å². The zero-order valence-corrected chi connectivity index (χ0v) is 13.8. The van der Waals surface area contributed by atoms with Crippen molar-refractivity contribution in [1.29, 1.82) is 0 Å². The van der Waals surface area contributed by atoms with Gasteiger partial charge in [0.15, 0.2) is 5.82 Å². The number of benzene rings is 2. The van der Waals surface area contributed by atoms with Gasteiger partial charge in [0.1, 0.15) is 0 Å². The van der Waals surface area contributed by atoms with Crippen LogP contribution in [0.15, 0.2) is 57.9 Å². The highest BCUT2D eigenvalue weighted by atomic mass is 79.9. The van der Waals surface area contributed by atoms with E-state index in [-0.39, 0.29) is 0 Å². The molecule has 0 saturated heterocycles. The summed E-state index contributed by atoms with van der Waals surface area (Å²) in [6.45, 7) is 0. The molecule has 0 fully saturated rings. The van der Waals surface area contributed by atoms with Crippen molar-refractivity contribution in [2.75, 3.05) is 12.0 Å². The third kappa shape index (κ3) is 2.84. The van der Waals surface area contributed by atoms with Gasteiger partial charge < -0.3 is 5.73 Å². The molecular weight excluding hydrogens is 346 g/mol. The van der Waals surface area contributed by atoms with E-state index in [4.69, 9.17) is 5.73 Å². The van der Waals surface area contributed by atoms with Gasteiger partial charge in [-0.15, -0.1) is 11.8 Å². The SMILES string of the molecule is CSc1ccc(-c2[nH]nc(N)c2-c2cccc(Br)c2)cc1. The quantitative estimate of drug-likeness (QED) is 0.659. The summed E-state index contributed by atoms with van der Waals surface area (Å²) in [4.78, 5) is 1.23. The average molecular weight is 360 g/mol. The van der Waals surface area contributed by atoms with Crippen LogP contribution in [0.5, 0.6) is 0 Å². The maximum Gasteiger partial charge on any atom is 0.153 e. The number of nitrogens with zero attached hydrogens (tertiary/aromatic N) is 1. The van der Waals surface area contributed by atoms with Crippen LogP contribution >= 0.6 is 27.7 Å². The van der Waals surface area contributed by atoms with Crippen molar-refractivity contribution in [3.8, 4) is 22.4 Å². The number of aromatic amines is 1. The average Bonchev–Trinajstić information content (AvgIpc) is 2.89. The molecule has 0 saturated carbocycles. The lowest BCUT2D eigenvalue weighted by Gasteiger charge is -2.06. The Morgan fingerprint density at radius 1 is 1.10 bits per heavy atom. The highest BCUT2D eigenvalue weighted by molar-refractivity contribution is 9.10. The van der Waals surface area contributed by atoms with Gasteiger partial charge in [-0.3, -0.25) is 5.10 Å². The first kappa shape index (κ1) is 14.2. The van der Waals surface area contributed by atoms with Crippen molar-refractivity contribution in [1.82, 2.24) is 10.2 Å². The van der Waals surface area contributed by atoms with Gasteiger partial charge in [-0.1, -0.05) is 40.2 Å². The Morgan fingerprint density at radius 2 is 1.86 bits per heavy atom. The third-order valence-electron chi connectivity index (χ3n) is 3.29.